The van der Waals surface area contributed by atoms with Gasteiger partial charge in [-0.25, -0.2) is 0 Å². The molecule has 6 nitrogen and oxygen atoms in total. The number of nitrogens with zero attached hydrogens (tertiary/aromatic N) is 2. The van der Waals surface area contributed by atoms with Gasteiger partial charge in [-0.3, -0.25) is 9.59 Å². The molecule has 130 valence electrons. The highest BCUT2D eigenvalue weighted by Crippen LogP contribution is 2.36. The largest absolute Gasteiger partial charge is 0.424 e. The molecular formula is C20H16N2O4. The van der Waals surface area contributed by atoms with Crippen molar-refractivity contribution in [3.8, 4) is 22.9 Å². The molecule has 6 heteroatoms. The molecule has 0 aliphatic heterocycles. The Morgan fingerprint density at radius 1 is 0.731 bits per heavy atom. The van der Waals surface area contributed by atoms with Crippen molar-refractivity contribution in [2.24, 2.45) is 0 Å². The van der Waals surface area contributed by atoms with Gasteiger partial charge < -0.3 is 18.3 Å². The van der Waals surface area contributed by atoms with Crippen molar-refractivity contribution in [3.05, 3.63) is 60.9 Å². The van der Waals surface area contributed by atoms with Crippen LogP contribution in [0.4, 0.5) is 0 Å². The first-order valence-corrected chi connectivity index (χ1v) is 8.12. The number of fused-ring (bicyclic) bond motifs is 2. The Hall–Kier alpha value is -3.54. The Kier molecular flexibility index (Phi) is 3.73. The standard InChI is InChI=1S/C20H16N2O4/c1-13(23)25-19-11-17(21-9-5-3-7-15(19)21)18-12-20(26-14(2)24)16-8-4-6-10-22(16)18/h3-12H,1-2H3. The first-order valence-electron chi connectivity index (χ1n) is 8.12. The third-order valence-corrected chi connectivity index (χ3v) is 4.05. The summed E-state index contributed by atoms with van der Waals surface area (Å²) in [5.74, 6) is 0.197. The van der Waals surface area contributed by atoms with Crippen LogP contribution < -0.4 is 9.47 Å². The van der Waals surface area contributed by atoms with Gasteiger partial charge in [0.05, 0.1) is 22.4 Å². The second kappa shape index (κ2) is 6.07. The summed E-state index contributed by atoms with van der Waals surface area (Å²) in [6, 6.07) is 14.9. The molecular weight excluding hydrogens is 332 g/mol. The van der Waals surface area contributed by atoms with Crippen molar-refractivity contribution in [3.63, 3.8) is 0 Å². The maximum absolute atomic E-state index is 11.4. The predicted molar refractivity (Wildman–Crippen MR) is 96.4 cm³/mol. The summed E-state index contributed by atoms with van der Waals surface area (Å²) in [4.78, 5) is 22.9. The van der Waals surface area contributed by atoms with Crippen LogP contribution in [0.25, 0.3) is 22.4 Å². The molecule has 0 radical (unpaired) electrons. The predicted octanol–water partition coefficient (Wildman–Crippen LogP) is 3.71. The van der Waals surface area contributed by atoms with Gasteiger partial charge in [0.1, 0.15) is 0 Å². The molecule has 4 aromatic heterocycles. The number of aromatic nitrogens is 2. The Morgan fingerprint density at radius 3 is 1.54 bits per heavy atom. The lowest BCUT2D eigenvalue weighted by Gasteiger charge is -2.03. The summed E-state index contributed by atoms with van der Waals surface area (Å²) in [5.41, 5.74) is 3.18. The van der Waals surface area contributed by atoms with Crippen LogP contribution in [0.15, 0.2) is 60.9 Å². The molecule has 0 fully saturated rings. The van der Waals surface area contributed by atoms with Crippen LogP contribution in [0.5, 0.6) is 11.5 Å². The Bertz CT molecular complexity index is 1060. The zero-order valence-corrected chi connectivity index (χ0v) is 14.3. The van der Waals surface area contributed by atoms with E-state index in [0.717, 1.165) is 22.4 Å². The van der Waals surface area contributed by atoms with Crippen molar-refractivity contribution >= 4 is 23.0 Å². The van der Waals surface area contributed by atoms with Gasteiger partial charge in [-0.1, -0.05) is 12.1 Å². The fraction of sp³-hybridized carbons (Fsp3) is 0.100. The van der Waals surface area contributed by atoms with Gasteiger partial charge in [0.2, 0.25) is 0 Å². The molecule has 0 saturated carbocycles. The second-order valence-corrected chi connectivity index (χ2v) is 5.89. The van der Waals surface area contributed by atoms with E-state index >= 15 is 0 Å². The lowest BCUT2D eigenvalue weighted by molar-refractivity contribution is -0.132. The zero-order chi connectivity index (χ0) is 18.3. The van der Waals surface area contributed by atoms with E-state index in [0.29, 0.717) is 11.5 Å². The number of ether oxygens (including phenoxy) is 2. The van der Waals surface area contributed by atoms with Crippen molar-refractivity contribution in [1.29, 1.82) is 0 Å². The first kappa shape index (κ1) is 16.0. The molecule has 0 bridgehead atoms. The van der Waals surface area contributed by atoms with E-state index < -0.39 is 0 Å². The van der Waals surface area contributed by atoms with Gasteiger partial charge in [0.25, 0.3) is 0 Å². The molecule has 0 unspecified atom stereocenters. The molecule has 0 atom stereocenters. The topological polar surface area (TPSA) is 61.4 Å². The molecule has 0 aromatic carbocycles. The minimum atomic E-state index is -0.381. The highest BCUT2D eigenvalue weighted by Gasteiger charge is 2.18. The fourth-order valence-electron chi connectivity index (χ4n) is 3.11. The van der Waals surface area contributed by atoms with E-state index in [4.69, 9.17) is 9.47 Å². The second-order valence-electron chi connectivity index (χ2n) is 5.89. The Labute approximate surface area is 149 Å². The van der Waals surface area contributed by atoms with E-state index in [-0.39, 0.29) is 11.9 Å². The van der Waals surface area contributed by atoms with Gasteiger partial charge in [-0.15, -0.1) is 0 Å². The lowest BCUT2D eigenvalue weighted by Crippen LogP contribution is -2.00. The number of carbonyl (C=O) groups excluding carboxylic acids is 2. The molecule has 4 heterocycles. The average Bonchev–Trinajstić information content (AvgIpc) is 3.14. The minimum Gasteiger partial charge on any atom is -0.424 e. The fourth-order valence-corrected chi connectivity index (χ4v) is 3.11. The van der Waals surface area contributed by atoms with Gasteiger partial charge >= 0.3 is 11.9 Å². The van der Waals surface area contributed by atoms with E-state index in [1.54, 1.807) is 0 Å². The van der Waals surface area contributed by atoms with Crippen molar-refractivity contribution in [2.45, 2.75) is 13.8 Å². The first-order chi connectivity index (χ1) is 12.5. The van der Waals surface area contributed by atoms with Crippen LogP contribution in [-0.2, 0) is 9.59 Å². The SMILES string of the molecule is CC(=O)Oc1cc(-c2cc(OC(C)=O)c3ccccn23)n2ccccc12. The number of carbonyl (C=O) groups is 2. The molecule has 26 heavy (non-hydrogen) atoms. The number of rotatable bonds is 3. The maximum atomic E-state index is 11.4. The molecule has 4 rings (SSSR count). The lowest BCUT2D eigenvalue weighted by atomic mass is 10.3. The van der Waals surface area contributed by atoms with Crippen LogP contribution >= 0.6 is 0 Å². The maximum Gasteiger partial charge on any atom is 0.308 e. The smallest absolute Gasteiger partial charge is 0.308 e. The summed E-state index contributed by atoms with van der Waals surface area (Å²) >= 11 is 0. The van der Waals surface area contributed by atoms with Gasteiger partial charge in [0.15, 0.2) is 11.5 Å². The Morgan fingerprint density at radius 2 is 1.15 bits per heavy atom. The van der Waals surface area contributed by atoms with E-state index in [2.05, 4.69) is 0 Å². The number of hydrogen-bond acceptors (Lipinski definition) is 4. The van der Waals surface area contributed by atoms with E-state index in [1.807, 2.05) is 69.7 Å². The number of esters is 2. The van der Waals surface area contributed by atoms with Crippen LogP contribution in [0.2, 0.25) is 0 Å². The quantitative estimate of drug-likeness (QED) is 0.530. The van der Waals surface area contributed by atoms with E-state index in [9.17, 15) is 9.59 Å². The molecule has 4 aromatic rings. The van der Waals surface area contributed by atoms with Crippen LogP contribution in [0.1, 0.15) is 13.8 Å². The third-order valence-electron chi connectivity index (χ3n) is 4.05. The van der Waals surface area contributed by atoms with Crippen molar-refractivity contribution in [2.75, 3.05) is 0 Å². The van der Waals surface area contributed by atoms with Crippen LogP contribution in [0, 0.1) is 0 Å². The molecule has 0 saturated heterocycles. The van der Waals surface area contributed by atoms with E-state index in [1.165, 1.54) is 13.8 Å². The Balaban J connectivity index is 1.99. The molecule has 0 spiro atoms. The van der Waals surface area contributed by atoms with Gasteiger partial charge in [0, 0.05) is 38.4 Å². The molecule has 0 amide bonds. The highest BCUT2D eigenvalue weighted by atomic mass is 16.5. The number of pyridine rings is 2. The summed E-state index contributed by atoms with van der Waals surface area (Å²) in [6.07, 6.45) is 3.79. The van der Waals surface area contributed by atoms with Gasteiger partial charge in [-0.05, 0) is 24.3 Å². The van der Waals surface area contributed by atoms with Crippen LogP contribution in [0.3, 0.4) is 0 Å². The molecule has 0 aliphatic rings. The highest BCUT2D eigenvalue weighted by molar-refractivity contribution is 5.82. The third kappa shape index (κ3) is 2.61. The number of hydrogen-bond donors (Lipinski definition) is 0. The normalized spacial score (nSPS) is 11.0. The summed E-state index contributed by atoms with van der Waals surface area (Å²) in [6.45, 7) is 2.75. The summed E-state index contributed by atoms with van der Waals surface area (Å²) in [5, 5.41) is 0. The van der Waals surface area contributed by atoms with Gasteiger partial charge in [-0.2, -0.15) is 0 Å². The van der Waals surface area contributed by atoms with Crippen LogP contribution in [-0.4, -0.2) is 20.7 Å². The van der Waals surface area contributed by atoms with Crippen molar-refractivity contribution in [1.82, 2.24) is 8.80 Å². The molecule has 0 aliphatic carbocycles. The van der Waals surface area contributed by atoms with Crippen molar-refractivity contribution < 1.29 is 19.1 Å². The summed E-state index contributed by atoms with van der Waals surface area (Å²) < 4.78 is 14.6. The zero-order valence-electron chi connectivity index (χ0n) is 14.3. The minimum absolute atomic E-state index is 0.381. The average molecular weight is 348 g/mol. The summed E-state index contributed by atoms with van der Waals surface area (Å²) in [7, 11) is 0. The monoisotopic (exact) mass is 348 g/mol. The molecule has 0 N–H and O–H groups in total.